The Kier molecular flexibility index (Phi) is 5.77. The van der Waals surface area contributed by atoms with E-state index >= 15 is 0 Å². The second-order valence-electron chi connectivity index (χ2n) is 12.8. The van der Waals surface area contributed by atoms with E-state index in [1.807, 2.05) is 0 Å². The van der Waals surface area contributed by atoms with Gasteiger partial charge in [-0.2, -0.15) is 0 Å². The lowest BCUT2D eigenvalue weighted by Crippen LogP contribution is -2.00. The van der Waals surface area contributed by atoms with Crippen LogP contribution >= 0.6 is 0 Å². The predicted molar refractivity (Wildman–Crippen MR) is 202 cm³/mol. The lowest BCUT2D eigenvalue weighted by Gasteiger charge is -2.14. The van der Waals surface area contributed by atoms with Gasteiger partial charge in [0.15, 0.2) is 0 Å². The van der Waals surface area contributed by atoms with Gasteiger partial charge in [-0.1, -0.05) is 127 Å². The zero-order valence-corrected chi connectivity index (χ0v) is 25.9. The molecule has 1 aliphatic carbocycles. The number of hydrogen-bond donors (Lipinski definition) is 0. The highest BCUT2D eigenvalue weighted by Gasteiger charge is 2.21. The molecule has 1 heteroatoms. The highest BCUT2D eigenvalue weighted by molar-refractivity contribution is 6.12. The van der Waals surface area contributed by atoms with E-state index in [4.69, 9.17) is 0 Å². The first kappa shape index (κ1) is 26.3. The fourth-order valence-corrected chi connectivity index (χ4v) is 7.98. The molecule has 0 N–H and O–H groups in total. The average Bonchev–Trinajstić information content (AvgIpc) is 3.48. The van der Waals surface area contributed by atoms with Crippen molar-refractivity contribution in [1.82, 2.24) is 4.57 Å². The minimum atomic E-state index is 1.06. The van der Waals surface area contributed by atoms with Crippen molar-refractivity contribution >= 4 is 60.1 Å². The van der Waals surface area contributed by atoms with Gasteiger partial charge in [0, 0.05) is 16.5 Å². The molecule has 1 aliphatic rings. The molecule has 8 aromatic carbocycles. The van der Waals surface area contributed by atoms with E-state index in [1.165, 1.54) is 93.2 Å². The minimum Gasteiger partial charge on any atom is -0.309 e. The molecule has 0 amide bonds. The van der Waals surface area contributed by atoms with Gasteiger partial charge in [0.2, 0.25) is 0 Å². The summed E-state index contributed by atoms with van der Waals surface area (Å²) in [6.07, 6.45) is 6.80. The van der Waals surface area contributed by atoms with Crippen molar-refractivity contribution in [2.75, 3.05) is 0 Å². The third kappa shape index (κ3) is 4.10. The third-order valence-corrected chi connectivity index (χ3v) is 10.2. The molecule has 0 saturated heterocycles. The van der Waals surface area contributed by atoms with Gasteiger partial charge in [0.25, 0.3) is 0 Å². The molecule has 9 aromatic rings. The standard InChI is InChI=1S/C46H31N/c1-3-13-38-31(9-1)11-7-16-39(38)35-22-20-30-19-21-33(28-37(30)29-35)34-23-25-41-36(27-34)24-26-45-46(41)42-15-5-6-17-44(42)47(45)43-18-8-12-32-10-2-4-14-40(32)43/h1-4,6-14,16-29H,5,15H2. The van der Waals surface area contributed by atoms with Gasteiger partial charge in [0.1, 0.15) is 0 Å². The van der Waals surface area contributed by atoms with Crippen LogP contribution in [-0.2, 0) is 6.42 Å². The quantitative estimate of drug-likeness (QED) is 0.191. The summed E-state index contributed by atoms with van der Waals surface area (Å²) in [6.45, 7) is 0. The average molecular weight is 598 g/mol. The van der Waals surface area contributed by atoms with E-state index in [1.54, 1.807) is 0 Å². The number of aromatic nitrogens is 1. The first-order valence-electron chi connectivity index (χ1n) is 16.6. The van der Waals surface area contributed by atoms with Gasteiger partial charge in [-0.05, 0) is 115 Å². The van der Waals surface area contributed by atoms with Crippen molar-refractivity contribution in [1.29, 1.82) is 0 Å². The Hall–Kier alpha value is -5.92. The Labute approximate surface area is 273 Å². The first-order chi connectivity index (χ1) is 23.3. The van der Waals surface area contributed by atoms with Crippen LogP contribution in [0.2, 0.25) is 0 Å². The van der Waals surface area contributed by atoms with Crippen molar-refractivity contribution in [3.8, 4) is 27.9 Å². The predicted octanol–water partition coefficient (Wildman–Crippen LogP) is 12.5. The maximum absolute atomic E-state index is 2.49. The van der Waals surface area contributed by atoms with E-state index in [-0.39, 0.29) is 0 Å². The molecule has 0 spiro atoms. The Morgan fingerprint density at radius 2 is 1.11 bits per heavy atom. The van der Waals surface area contributed by atoms with E-state index in [0.29, 0.717) is 0 Å². The summed E-state index contributed by atoms with van der Waals surface area (Å²) in [5, 5.41) is 11.6. The first-order valence-corrected chi connectivity index (χ1v) is 16.6. The van der Waals surface area contributed by atoms with Crippen molar-refractivity contribution in [3.63, 3.8) is 0 Å². The van der Waals surface area contributed by atoms with Crippen molar-refractivity contribution in [2.45, 2.75) is 12.8 Å². The van der Waals surface area contributed by atoms with Crippen LogP contribution in [0.15, 0.2) is 158 Å². The van der Waals surface area contributed by atoms with Crippen LogP contribution in [0, 0.1) is 0 Å². The molecule has 47 heavy (non-hydrogen) atoms. The number of fused-ring (bicyclic) bond motifs is 8. The molecule has 10 rings (SSSR count). The third-order valence-electron chi connectivity index (χ3n) is 10.2. The lowest BCUT2D eigenvalue weighted by molar-refractivity contribution is 0.970. The number of rotatable bonds is 3. The zero-order chi connectivity index (χ0) is 30.9. The molecule has 0 saturated carbocycles. The summed E-state index contributed by atoms with van der Waals surface area (Å²) in [4.78, 5) is 0. The number of hydrogen-bond acceptors (Lipinski definition) is 0. The fraction of sp³-hybridized carbons (Fsp3) is 0.0435. The van der Waals surface area contributed by atoms with Crippen LogP contribution in [-0.4, -0.2) is 4.57 Å². The lowest BCUT2D eigenvalue weighted by atomic mass is 9.93. The molecule has 0 bridgehead atoms. The van der Waals surface area contributed by atoms with Crippen LogP contribution < -0.4 is 0 Å². The van der Waals surface area contributed by atoms with Gasteiger partial charge < -0.3 is 4.57 Å². The molecular weight excluding hydrogens is 567 g/mol. The van der Waals surface area contributed by atoms with Gasteiger partial charge in [-0.15, -0.1) is 0 Å². The minimum absolute atomic E-state index is 1.06. The zero-order valence-electron chi connectivity index (χ0n) is 25.9. The molecular formula is C46H31N. The Morgan fingerprint density at radius 3 is 1.98 bits per heavy atom. The highest BCUT2D eigenvalue weighted by Crippen LogP contribution is 2.41. The molecule has 220 valence electrons. The van der Waals surface area contributed by atoms with Crippen molar-refractivity contribution < 1.29 is 0 Å². The Morgan fingerprint density at radius 1 is 0.447 bits per heavy atom. The smallest absolute Gasteiger partial charge is 0.0544 e. The van der Waals surface area contributed by atoms with Crippen LogP contribution in [0.1, 0.15) is 17.7 Å². The monoisotopic (exact) mass is 597 g/mol. The molecule has 1 aromatic heterocycles. The largest absolute Gasteiger partial charge is 0.309 e. The molecule has 0 aliphatic heterocycles. The summed E-state index contributed by atoms with van der Waals surface area (Å²) in [5.74, 6) is 0. The van der Waals surface area contributed by atoms with Crippen LogP contribution in [0.4, 0.5) is 0 Å². The molecule has 0 atom stereocenters. The summed E-state index contributed by atoms with van der Waals surface area (Å²) in [6, 6.07) is 56.1. The van der Waals surface area contributed by atoms with Gasteiger partial charge in [0.05, 0.1) is 11.2 Å². The number of aryl methyl sites for hydroxylation is 1. The fourth-order valence-electron chi connectivity index (χ4n) is 7.98. The van der Waals surface area contributed by atoms with E-state index < -0.39 is 0 Å². The van der Waals surface area contributed by atoms with Crippen molar-refractivity contribution in [2.24, 2.45) is 0 Å². The van der Waals surface area contributed by atoms with Gasteiger partial charge in [-0.3, -0.25) is 0 Å². The molecule has 0 unspecified atom stereocenters. The Balaban J connectivity index is 1.12. The molecule has 0 fully saturated rings. The molecule has 0 radical (unpaired) electrons. The van der Waals surface area contributed by atoms with Gasteiger partial charge >= 0.3 is 0 Å². The van der Waals surface area contributed by atoms with E-state index in [0.717, 1.165) is 12.8 Å². The maximum Gasteiger partial charge on any atom is 0.0544 e. The number of benzene rings is 8. The SMILES string of the molecule is C1=Cc2c(c3c4ccc(-c5ccc6ccc(-c7cccc8ccccc78)cc6c5)cc4ccc3n2-c2cccc3ccccc23)CC1. The second-order valence-corrected chi connectivity index (χ2v) is 12.8. The topological polar surface area (TPSA) is 4.93 Å². The number of nitrogens with zero attached hydrogens (tertiary/aromatic N) is 1. The maximum atomic E-state index is 2.49. The van der Waals surface area contributed by atoms with E-state index in [9.17, 15) is 0 Å². The summed E-state index contributed by atoms with van der Waals surface area (Å²) < 4.78 is 2.49. The highest BCUT2D eigenvalue weighted by atomic mass is 15.0. The van der Waals surface area contributed by atoms with Crippen LogP contribution in [0.5, 0.6) is 0 Å². The van der Waals surface area contributed by atoms with E-state index in [2.05, 4.69) is 168 Å². The normalized spacial score (nSPS) is 12.9. The Bertz CT molecular complexity index is 2730. The second kappa shape index (κ2) is 10.3. The van der Waals surface area contributed by atoms with Crippen LogP contribution in [0.3, 0.4) is 0 Å². The molecule has 1 nitrogen and oxygen atoms in total. The van der Waals surface area contributed by atoms with Crippen LogP contribution in [0.25, 0.3) is 88.0 Å². The number of allylic oxidation sites excluding steroid dienone is 1. The summed E-state index contributed by atoms with van der Waals surface area (Å²) in [5.41, 5.74) is 10.3. The van der Waals surface area contributed by atoms with Gasteiger partial charge in [-0.25, -0.2) is 0 Å². The summed E-state index contributed by atoms with van der Waals surface area (Å²) >= 11 is 0. The molecule has 1 heterocycles. The van der Waals surface area contributed by atoms with Crippen molar-refractivity contribution in [3.05, 3.63) is 169 Å². The summed E-state index contributed by atoms with van der Waals surface area (Å²) in [7, 11) is 0.